The lowest BCUT2D eigenvalue weighted by atomic mass is 10.0. The van der Waals surface area contributed by atoms with Gasteiger partial charge in [0.15, 0.2) is 5.78 Å². The van der Waals surface area contributed by atoms with E-state index in [1.165, 1.54) is 403 Å². The van der Waals surface area contributed by atoms with Crippen LogP contribution in [-0.4, -0.2) is 49.2 Å². The molecule has 0 bridgehead atoms. The van der Waals surface area contributed by atoms with Crippen molar-refractivity contribution in [3.63, 3.8) is 0 Å². The van der Waals surface area contributed by atoms with Gasteiger partial charge >= 0.3 is 0 Å². The lowest BCUT2D eigenvalue weighted by molar-refractivity contribution is -0.929. The van der Waals surface area contributed by atoms with E-state index in [4.69, 9.17) is 4.74 Å². The average Bonchev–Trinajstić information content (AvgIpc) is 3.44. The molecule has 0 fully saturated rings. The highest BCUT2D eigenvalue weighted by Crippen LogP contribution is 2.22. The number of ketones is 1. The monoisotopic (exact) mass is 1090 g/mol. The lowest BCUT2D eigenvalue weighted by Crippen LogP contribution is -2.53. The highest BCUT2D eigenvalue weighted by molar-refractivity contribution is 5.79. The van der Waals surface area contributed by atoms with E-state index in [1.807, 2.05) is 0 Å². The Kier molecular flexibility index (Phi) is 66.0. The molecule has 0 aliphatic carbocycles. The van der Waals surface area contributed by atoms with E-state index in [9.17, 15) is 4.79 Å². The van der Waals surface area contributed by atoms with Gasteiger partial charge < -0.3 is 9.22 Å². The largest absolute Gasteiger partial charge is 0.365 e. The van der Waals surface area contributed by atoms with Crippen molar-refractivity contribution >= 4 is 5.78 Å². The second kappa shape index (κ2) is 66.4. The van der Waals surface area contributed by atoms with Crippen molar-refractivity contribution in [2.75, 3.05) is 32.8 Å². The summed E-state index contributed by atoms with van der Waals surface area (Å²) < 4.78 is 7.68. The number of likely N-dealkylation sites (N-methyl/N-ethyl adjacent to an activating group) is 1. The van der Waals surface area contributed by atoms with E-state index >= 15 is 0 Å². The molecular weight excluding hydrogens is 935 g/mol. The Morgan fingerprint density at radius 2 is 0.468 bits per heavy atom. The van der Waals surface area contributed by atoms with Crippen LogP contribution in [0.4, 0.5) is 0 Å². The number of hydrogen-bond donors (Lipinski definition) is 0. The fourth-order valence-corrected chi connectivity index (χ4v) is 12.7. The van der Waals surface area contributed by atoms with Crippen LogP contribution in [0.2, 0.25) is 0 Å². The second-order valence-corrected chi connectivity index (χ2v) is 26.1. The normalized spacial score (nSPS) is 13.0. The molecule has 0 N–H and O–H groups in total. The maximum Gasteiger partial charge on any atom is 0.158 e. The first kappa shape index (κ1) is 76.6. The van der Waals surface area contributed by atoms with Crippen LogP contribution in [0.5, 0.6) is 0 Å². The molecule has 0 radical (unpaired) electrons. The van der Waals surface area contributed by atoms with E-state index in [2.05, 4.69) is 34.6 Å². The number of nitrogens with zero attached hydrogens (tertiary/aromatic N) is 1. The van der Waals surface area contributed by atoms with Crippen molar-refractivity contribution < 1.29 is 14.0 Å². The predicted molar refractivity (Wildman–Crippen MR) is 349 cm³/mol. The van der Waals surface area contributed by atoms with Gasteiger partial charge in [0.25, 0.3) is 0 Å². The molecule has 0 saturated heterocycles. The van der Waals surface area contributed by atoms with Gasteiger partial charge in [-0.2, -0.15) is 0 Å². The van der Waals surface area contributed by atoms with E-state index in [-0.39, 0.29) is 6.10 Å². The van der Waals surface area contributed by atoms with Crippen LogP contribution in [0.1, 0.15) is 433 Å². The van der Waals surface area contributed by atoms with Crippen LogP contribution in [0, 0.1) is 0 Å². The van der Waals surface area contributed by atoms with Gasteiger partial charge in [-0.15, -0.1) is 0 Å². The molecule has 0 spiro atoms. The zero-order valence-corrected chi connectivity index (χ0v) is 54.7. The second-order valence-electron chi connectivity index (χ2n) is 26.1. The molecule has 77 heavy (non-hydrogen) atoms. The van der Waals surface area contributed by atoms with E-state index in [0.29, 0.717) is 18.8 Å². The zero-order valence-electron chi connectivity index (χ0n) is 54.7. The number of Topliss-reactive ketones (excluding diaryl/α,β-unsaturated/α-hetero) is 1. The molecule has 0 amide bonds. The third-order valence-corrected chi connectivity index (χ3v) is 18.5. The van der Waals surface area contributed by atoms with Crippen molar-refractivity contribution in [2.24, 2.45) is 0 Å². The summed E-state index contributed by atoms with van der Waals surface area (Å²) in [5, 5.41) is 0. The summed E-state index contributed by atoms with van der Waals surface area (Å²) >= 11 is 0. The molecule has 0 saturated carbocycles. The van der Waals surface area contributed by atoms with Crippen LogP contribution in [0.15, 0.2) is 0 Å². The Morgan fingerprint density at radius 1 is 0.273 bits per heavy atom. The molecule has 0 aliphatic heterocycles. The Hall–Kier alpha value is -0.410. The minimum absolute atomic E-state index is 0.201. The first-order valence-corrected chi connectivity index (χ1v) is 37.1. The van der Waals surface area contributed by atoms with Gasteiger partial charge in [-0.1, -0.05) is 381 Å². The Bertz CT molecular complexity index is 1080. The van der Waals surface area contributed by atoms with E-state index < -0.39 is 0 Å². The van der Waals surface area contributed by atoms with Gasteiger partial charge in [0.05, 0.1) is 19.6 Å². The van der Waals surface area contributed by atoms with Crippen LogP contribution < -0.4 is 0 Å². The molecule has 0 aromatic heterocycles. The molecule has 462 valence electrons. The lowest BCUT2D eigenvalue weighted by Gasteiger charge is -2.40. The third-order valence-electron chi connectivity index (χ3n) is 18.5. The van der Waals surface area contributed by atoms with Crippen molar-refractivity contribution in [3.05, 3.63) is 0 Å². The average molecular weight is 1090 g/mol. The molecule has 3 heteroatoms. The Balaban J connectivity index is 4.00. The number of carbonyl (C=O) groups is 1. The molecule has 0 rings (SSSR count). The van der Waals surface area contributed by atoms with Gasteiger partial charge in [0.2, 0.25) is 0 Å². The number of rotatable bonds is 70. The number of carbonyl (C=O) groups excluding carboxylic acids is 1. The summed E-state index contributed by atoms with van der Waals surface area (Å²) in [5.74, 6) is 0.330. The maximum atomic E-state index is 13.0. The first-order chi connectivity index (χ1) is 38.1. The van der Waals surface area contributed by atoms with Gasteiger partial charge in [-0.05, 0) is 45.4 Å². The number of ether oxygens (including phenoxy) is 1. The summed E-state index contributed by atoms with van der Waals surface area (Å²) in [5.41, 5.74) is 0. The number of unbranched alkanes of at least 4 members (excludes halogenated alkanes) is 57. The number of hydrogen-bond acceptors (Lipinski definition) is 2. The molecule has 0 aromatic carbocycles. The van der Waals surface area contributed by atoms with Gasteiger partial charge in [0.1, 0.15) is 19.3 Å². The topological polar surface area (TPSA) is 26.3 Å². The van der Waals surface area contributed by atoms with Crippen molar-refractivity contribution in [3.8, 4) is 0 Å². The summed E-state index contributed by atoms with van der Waals surface area (Å²) in [6.07, 6.45) is 87.7. The van der Waals surface area contributed by atoms with E-state index in [0.717, 1.165) is 19.4 Å². The predicted octanol–water partition coefficient (Wildman–Crippen LogP) is 26.0. The van der Waals surface area contributed by atoms with Gasteiger partial charge in [-0.3, -0.25) is 4.79 Å². The van der Waals surface area contributed by atoms with Crippen molar-refractivity contribution in [1.29, 1.82) is 0 Å². The van der Waals surface area contributed by atoms with Crippen LogP contribution in [0.25, 0.3) is 0 Å². The molecule has 2 atom stereocenters. The fourth-order valence-electron chi connectivity index (χ4n) is 12.7. The highest BCUT2D eigenvalue weighted by Gasteiger charge is 2.29. The van der Waals surface area contributed by atoms with Crippen LogP contribution in [0.3, 0.4) is 0 Å². The van der Waals surface area contributed by atoms with Gasteiger partial charge in [-0.25, -0.2) is 0 Å². The first-order valence-electron chi connectivity index (χ1n) is 37.1. The van der Waals surface area contributed by atoms with Crippen molar-refractivity contribution in [2.45, 2.75) is 439 Å². The van der Waals surface area contributed by atoms with Crippen molar-refractivity contribution in [1.82, 2.24) is 0 Å². The highest BCUT2D eigenvalue weighted by atomic mass is 16.5. The standard InChI is InChI=1S/C74H150NO2/c1-6-11-14-17-20-23-26-28-29-30-31-32-33-34-35-36-37-38-39-40-41-42-43-44-45-46-47-48-49-50-51-52-53-55-58-61-64-67-70-75(10-5,69-66-63-60-57-25-22-19-16-13-8-3)71-74(9-4)77-72-73(76)68-65-62-59-56-54-27-24-21-18-15-12-7-2/h74H,6-72H2,1-5H3/q+1. The minimum Gasteiger partial charge on any atom is -0.365 e. The molecular formula is C74H150NO2+. The Labute approximate surface area is 489 Å². The summed E-state index contributed by atoms with van der Waals surface area (Å²) in [6.45, 7) is 16.9. The minimum atomic E-state index is 0.201. The smallest absolute Gasteiger partial charge is 0.158 e. The molecule has 2 unspecified atom stereocenters. The van der Waals surface area contributed by atoms with Crippen LogP contribution in [-0.2, 0) is 9.53 Å². The number of quaternary nitrogens is 1. The SMILES string of the molecule is CCCCCCCCCCCCCCCCCCCCCCCCCCCCCCCCCCCCCCCC[N+](CC)(CCCCCCCCCCCC)CC(CC)OCC(=O)CCCCCCCCCCCCCC. The molecule has 0 aromatic rings. The quantitative estimate of drug-likeness (QED) is 0.0448. The fraction of sp³-hybridized carbons (Fsp3) is 0.986. The third kappa shape index (κ3) is 60.0. The molecule has 0 heterocycles. The van der Waals surface area contributed by atoms with Gasteiger partial charge in [0, 0.05) is 6.42 Å². The summed E-state index contributed by atoms with van der Waals surface area (Å²) in [6, 6.07) is 0. The summed E-state index contributed by atoms with van der Waals surface area (Å²) in [7, 11) is 0. The molecule has 0 aliphatic rings. The zero-order chi connectivity index (χ0) is 55.7. The van der Waals surface area contributed by atoms with Crippen LogP contribution >= 0.6 is 0 Å². The Morgan fingerprint density at radius 3 is 0.662 bits per heavy atom. The van der Waals surface area contributed by atoms with E-state index in [1.54, 1.807) is 0 Å². The summed E-state index contributed by atoms with van der Waals surface area (Å²) in [4.78, 5) is 13.0. The maximum absolute atomic E-state index is 13.0. The molecule has 3 nitrogen and oxygen atoms in total.